The Morgan fingerprint density at radius 2 is 0.978 bits per heavy atom. The average molecular weight is 615 g/mol. The Labute approximate surface area is 269 Å². The van der Waals surface area contributed by atoms with Crippen molar-refractivity contribution in [1.82, 2.24) is 41.2 Å². The molecule has 10 heteroatoms. The molecule has 0 aliphatic carbocycles. The molecule has 5 aromatic rings. The third kappa shape index (κ3) is 9.85. The van der Waals surface area contributed by atoms with Crippen molar-refractivity contribution in [2.45, 2.75) is 19.5 Å². The maximum absolute atomic E-state index is 13.2. The summed E-state index contributed by atoms with van der Waals surface area (Å²) >= 11 is 0. The number of nitrogens with zero attached hydrogens (tertiary/aromatic N) is 4. The van der Waals surface area contributed by atoms with Crippen LogP contribution in [0.3, 0.4) is 0 Å². The molecule has 0 radical (unpaired) electrons. The van der Waals surface area contributed by atoms with Gasteiger partial charge in [-0.25, -0.2) is 0 Å². The van der Waals surface area contributed by atoms with E-state index in [-0.39, 0.29) is 11.8 Å². The molecule has 5 rings (SSSR count). The summed E-state index contributed by atoms with van der Waals surface area (Å²) in [6.07, 6.45) is 7.46. The monoisotopic (exact) mass is 614 g/mol. The number of rotatable bonds is 16. The van der Waals surface area contributed by atoms with Gasteiger partial charge in [0.1, 0.15) is 5.92 Å². The summed E-state index contributed by atoms with van der Waals surface area (Å²) in [6, 6.07) is 29.0. The minimum Gasteiger partial charge on any atom is -0.354 e. The van der Waals surface area contributed by atoms with Crippen LogP contribution in [0.5, 0.6) is 0 Å². The summed E-state index contributed by atoms with van der Waals surface area (Å²) in [6.45, 7) is 3.11. The molecule has 4 heterocycles. The van der Waals surface area contributed by atoms with Crippen molar-refractivity contribution in [1.29, 1.82) is 0 Å². The molecule has 1 aromatic carbocycles. The predicted molar refractivity (Wildman–Crippen MR) is 178 cm³/mol. The molecule has 46 heavy (non-hydrogen) atoms. The van der Waals surface area contributed by atoms with Crippen LogP contribution in [0.15, 0.2) is 116 Å². The van der Waals surface area contributed by atoms with E-state index in [1.54, 1.807) is 12.4 Å². The first-order valence-corrected chi connectivity index (χ1v) is 15.4. The molecule has 234 valence electrons. The lowest BCUT2D eigenvalue weighted by molar-refractivity contribution is -0.135. The second-order valence-corrected chi connectivity index (χ2v) is 10.7. The minimum absolute atomic E-state index is 0.295. The van der Waals surface area contributed by atoms with Gasteiger partial charge in [0.2, 0.25) is 11.8 Å². The minimum atomic E-state index is -0.839. The van der Waals surface area contributed by atoms with Crippen molar-refractivity contribution in [2.75, 3.05) is 26.2 Å². The average Bonchev–Trinajstić information content (AvgIpc) is 3.12. The van der Waals surface area contributed by atoms with E-state index in [1.807, 2.05) is 103 Å². The third-order valence-electron chi connectivity index (χ3n) is 7.28. The van der Waals surface area contributed by atoms with Crippen LogP contribution in [0.2, 0.25) is 0 Å². The second-order valence-electron chi connectivity index (χ2n) is 10.7. The zero-order chi connectivity index (χ0) is 31.8. The van der Waals surface area contributed by atoms with Crippen molar-refractivity contribution >= 4 is 11.8 Å². The van der Waals surface area contributed by atoms with Crippen LogP contribution >= 0.6 is 0 Å². The second kappa shape index (κ2) is 17.2. The molecule has 2 amide bonds. The molecule has 0 fully saturated rings. The van der Waals surface area contributed by atoms with Crippen molar-refractivity contribution < 1.29 is 9.59 Å². The third-order valence-corrected chi connectivity index (χ3v) is 7.28. The number of hydrogen-bond acceptors (Lipinski definition) is 8. The van der Waals surface area contributed by atoms with Crippen LogP contribution in [0.25, 0.3) is 22.8 Å². The van der Waals surface area contributed by atoms with Crippen LogP contribution in [0.4, 0.5) is 0 Å². The first-order chi connectivity index (χ1) is 22.7. The molecule has 0 bridgehead atoms. The lowest BCUT2D eigenvalue weighted by Gasteiger charge is -2.17. The van der Waals surface area contributed by atoms with Gasteiger partial charge in [0.05, 0.1) is 22.8 Å². The van der Waals surface area contributed by atoms with Gasteiger partial charge in [-0.15, -0.1) is 0 Å². The lowest BCUT2D eigenvalue weighted by Crippen LogP contribution is -2.45. The molecule has 0 saturated carbocycles. The van der Waals surface area contributed by atoms with E-state index in [0.717, 1.165) is 39.5 Å². The Morgan fingerprint density at radius 1 is 0.500 bits per heavy atom. The Bertz CT molecular complexity index is 1530. The van der Waals surface area contributed by atoms with Crippen molar-refractivity contribution in [2.24, 2.45) is 5.92 Å². The normalized spacial score (nSPS) is 10.9. The van der Waals surface area contributed by atoms with E-state index < -0.39 is 5.92 Å². The molecule has 0 spiro atoms. The molecule has 0 aliphatic heterocycles. The number of nitrogens with one attached hydrogen (secondary N) is 4. The van der Waals surface area contributed by atoms with Crippen LogP contribution in [0.1, 0.15) is 16.7 Å². The van der Waals surface area contributed by atoms with Gasteiger partial charge >= 0.3 is 0 Å². The Kier molecular flexibility index (Phi) is 12.0. The summed E-state index contributed by atoms with van der Waals surface area (Å²) in [5.41, 5.74) is 6.28. The van der Waals surface area contributed by atoms with Crippen molar-refractivity contribution in [3.8, 4) is 22.8 Å². The summed E-state index contributed by atoms with van der Waals surface area (Å²) in [5, 5.41) is 12.5. The topological polar surface area (TPSA) is 134 Å². The Morgan fingerprint density at radius 3 is 1.41 bits per heavy atom. The molecule has 0 saturated heterocycles. The fraction of sp³-hybridized carbons (Fsp3) is 0.222. The van der Waals surface area contributed by atoms with Crippen LogP contribution < -0.4 is 21.3 Å². The maximum Gasteiger partial charge on any atom is 0.232 e. The van der Waals surface area contributed by atoms with Crippen LogP contribution in [0, 0.1) is 5.92 Å². The first kappa shape index (κ1) is 32.1. The van der Waals surface area contributed by atoms with E-state index in [2.05, 4.69) is 41.2 Å². The smallest absolute Gasteiger partial charge is 0.232 e. The highest BCUT2D eigenvalue weighted by atomic mass is 16.2. The highest BCUT2D eigenvalue weighted by Gasteiger charge is 2.26. The Balaban J connectivity index is 1.04. The molecule has 4 aromatic heterocycles. The molecule has 10 nitrogen and oxygen atoms in total. The van der Waals surface area contributed by atoms with Gasteiger partial charge in [-0.05, 0) is 59.5 Å². The van der Waals surface area contributed by atoms with Crippen molar-refractivity contribution in [3.05, 3.63) is 132 Å². The van der Waals surface area contributed by atoms with Crippen LogP contribution in [-0.4, -0.2) is 57.9 Å². The van der Waals surface area contributed by atoms with Gasteiger partial charge in [-0.3, -0.25) is 29.5 Å². The van der Waals surface area contributed by atoms with Gasteiger partial charge in [0.25, 0.3) is 0 Å². The summed E-state index contributed by atoms with van der Waals surface area (Å²) < 4.78 is 0. The maximum atomic E-state index is 13.2. The molecular formula is C36H38N8O2. The van der Waals surface area contributed by atoms with E-state index in [9.17, 15) is 9.59 Å². The van der Waals surface area contributed by atoms with Gasteiger partial charge in [-0.1, -0.05) is 54.6 Å². The summed E-state index contributed by atoms with van der Waals surface area (Å²) in [7, 11) is 0. The number of pyridine rings is 4. The summed E-state index contributed by atoms with van der Waals surface area (Å²) in [4.78, 5) is 44.0. The fourth-order valence-corrected chi connectivity index (χ4v) is 4.80. The first-order valence-electron chi connectivity index (χ1n) is 15.4. The molecule has 0 unspecified atom stereocenters. The number of benzene rings is 1. The number of amides is 2. The number of hydrogen-bond donors (Lipinski definition) is 4. The van der Waals surface area contributed by atoms with E-state index in [0.29, 0.717) is 45.7 Å². The number of aromatic nitrogens is 4. The molecule has 0 aliphatic rings. The standard InChI is InChI=1S/C36H38N8O2/c45-35(41-20-18-37-23-28-12-14-33(43-25-28)31-10-4-6-16-39-31)30(22-27-8-2-1-3-9-27)36(46)42-21-19-38-24-29-13-15-34(44-26-29)32-11-5-7-17-40-32/h1-17,25-26,30,37-38H,18-24H2,(H,41,45)(H,42,46). The van der Waals surface area contributed by atoms with E-state index in [1.165, 1.54) is 0 Å². The number of carbonyl (C=O) groups is 2. The van der Waals surface area contributed by atoms with Gasteiger partial charge in [-0.2, -0.15) is 0 Å². The van der Waals surface area contributed by atoms with Gasteiger partial charge < -0.3 is 21.3 Å². The predicted octanol–water partition coefficient (Wildman–Crippen LogP) is 3.57. The quantitative estimate of drug-likeness (QED) is 0.0980. The van der Waals surface area contributed by atoms with Gasteiger partial charge in [0.15, 0.2) is 0 Å². The highest BCUT2D eigenvalue weighted by molar-refractivity contribution is 6.00. The largest absolute Gasteiger partial charge is 0.354 e. The van der Waals surface area contributed by atoms with E-state index >= 15 is 0 Å². The molecule has 0 atom stereocenters. The zero-order valence-corrected chi connectivity index (χ0v) is 25.6. The zero-order valence-electron chi connectivity index (χ0n) is 25.6. The fourth-order valence-electron chi connectivity index (χ4n) is 4.80. The lowest BCUT2D eigenvalue weighted by atomic mass is 9.97. The molecular weight excluding hydrogens is 576 g/mol. The SMILES string of the molecule is O=C(NCCNCc1ccc(-c2ccccn2)nc1)C(Cc1ccccc1)C(=O)NCCNCc1ccc(-c2ccccn2)nc1. The van der Waals surface area contributed by atoms with Gasteiger partial charge in [0, 0.05) is 64.1 Å². The Hall–Kier alpha value is -5.32. The van der Waals surface area contributed by atoms with E-state index in [4.69, 9.17) is 0 Å². The highest BCUT2D eigenvalue weighted by Crippen LogP contribution is 2.15. The number of carbonyl (C=O) groups excluding carboxylic acids is 2. The molecule has 4 N–H and O–H groups in total. The van der Waals surface area contributed by atoms with Crippen molar-refractivity contribution in [3.63, 3.8) is 0 Å². The summed E-state index contributed by atoms with van der Waals surface area (Å²) in [5.74, 6) is -1.43. The van der Waals surface area contributed by atoms with Crippen LogP contribution in [-0.2, 0) is 29.1 Å².